The quantitative estimate of drug-likeness (QED) is 0.869. The number of nitrogens with one attached hydrogen (secondary N) is 1. The van der Waals surface area contributed by atoms with Crippen molar-refractivity contribution in [1.82, 2.24) is 24.7 Å². The maximum atomic E-state index is 6.04. The summed E-state index contributed by atoms with van der Waals surface area (Å²) in [5.41, 5.74) is 0. The second-order valence-corrected chi connectivity index (χ2v) is 5.26. The van der Waals surface area contributed by atoms with E-state index in [0.717, 1.165) is 30.3 Å². The van der Waals surface area contributed by atoms with Crippen LogP contribution in [0, 0.1) is 0 Å². The molecular formula is C12H15ClN6. The fourth-order valence-electron chi connectivity index (χ4n) is 2.00. The molecule has 1 unspecified atom stereocenters. The normalized spacial score (nSPS) is 16.4. The topological polar surface area (TPSA) is 68.5 Å². The number of anilines is 1. The smallest absolute Gasteiger partial charge is 0.154 e. The summed E-state index contributed by atoms with van der Waals surface area (Å²) in [5, 5.41) is 11.7. The Kier molecular flexibility index (Phi) is 3.10. The van der Waals surface area contributed by atoms with Crippen molar-refractivity contribution in [1.29, 1.82) is 0 Å². The lowest BCUT2D eigenvalue weighted by Gasteiger charge is -2.14. The summed E-state index contributed by atoms with van der Waals surface area (Å²) in [6, 6.07) is 1.74. The molecule has 6 nitrogen and oxygen atoms in total. The van der Waals surface area contributed by atoms with Crippen molar-refractivity contribution in [2.45, 2.75) is 31.7 Å². The summed E-state index contributed by atoms with van der Waals surface area (Å²) in [6.07, 6.45) is 3.98. The average Bonchev–Trinajstić information content (AvgIpc) is 3.11. The van der Waals surface area contributed by atoms with E-state index in [1.165, 1.54) is 0 Å². The Morgan fingerprint density at radius 1 is 1.42 bits per heavy atom. The van der Waals surface area contributed by atoms with Crippen molar-refractivity contribution in [2.24, 2.45) is 7.05 Å². The maximum absolute atomic E-state index is 6.04. The summed E-state index contributed by atoms with van der Waals surface area (Å²) in [5.74, 6) is 2.89. The molecule has 2 aromatic rings. The molecule has 0 spiro atoms. The highest BCUT2D eigenvalue weighted by atomic mass is 35.5. The van der Waals surface area contributed by atoms with Crippen LogP contribution >= 0.6 is 11.6 Å². The molecule has 0 saturated heterocycles. The van der Waals surface area contributed by atoms with Crippen molar-refractivity contribution in [3.63, 3.8) is 0 Å². The average molecular weight is 279 g/mol. The van der Waals surface area contributed by atoms with E-state index >= 15 is 0 Å². The minimum atomic E-state index is 0.00511. The summed E-state index contributed by atoms with van der Waals surface area (Å²) in [4.78, 5) is 8.78. The molecule has 1 fully saturated rings. The molecule has 100 valence electrons. The molecule has 1 saturated carbocycles. The number of nitrogens with zero attached hydrogens (tertiary/aromatic N) is 5. The highest BCUT2D eigenvalue weighted by Crippen LogP contribution is 2.38. The summed E-state index contributed by atoms with van der Waals surface area (Å²) in [7, 11) is 1.91. The molecule has 1 atom stereocenters. The van der Waals surface area contributed by atoms with Crippen LogP contribution in [0.15, 0.2) is 12.4 Å². The zero-order chi connectivity index (χ0) is 13.4. The Balaban J connectivity index is 1.81. The Morgan fingerprint density at radius 2 is 2.21 bits per heavy atom. The third-order valence-electron chi connectivity index (χ3n) is 3.15. The maximum Gasteiger partial charge on any atom is 0.154 e. The molecule has 1 aliphatic rings. The van der Waals surface area contributed by atoms with Gasteiger partial charge in [-0.3, -0.25) is 0 Å². The lowest BCUT2D eigenvalue weighted by atomic mass is 10.3. The Morgan fingerprint density at radius 3 is 2.84 bits per heavy atom. The minimum absolute atomic E-state index is 0.00511. The molecule has 2 heterocycles. The number of aromatic nitrogens is 5. The van der Waals surface area contributed by atoms with E-state index in [0.29, 0.717) is 11.1 Å². The molecule has 3 rings (SSSR count). The van der Waals surface area contributed by atoms with Crippen LogP contribution in [0.25, 0.3) is 0 Å². The monoisotopic (exact) mass is 278 g/mol. The molecule has 0 bridgehead atoms. The van der Waals surface area contributed by atoms with E-state index in [9.17, 15) is 0 Å². The van der Waals surface area contributed by atoms with Crippen LogP contribution in [0.3, 0.4) is 0 Å². The van der Waals surface area contributed by atoms with E-state index < -0.39 is 0 Å². The van der Waals surface area contributed by atoms with E-state index in [1.807, 2.05) is 18.5 Å². The molecule has 2 aromatic heterocycles. The zero-order valence-electron chi connectivity index (χ0n) is 10.8. The Labute approximate surface area is 116 Å². The molecule has 1 N–H and O–H groups in total. The van der Waals surface area contributed by atoms with Crippen LogP contribution in [0.1, 0.15) is 43.4 Å². The molecule has 0 aliphatic heterocycles. The van der Waals surface area contributed by atoms with Crippen molar-refractivity contribution < 1.29 is 0 Å². The van der Waals surface area contributed by atoms with Gasteiger partial charge in [0.15, 0.2) is 5.82 Å². The van der Waals surface area contributed by atoms with Gasteiger partial charge in [-0.1, -0.05) is 11.6 Å². The molecular weight excluding hydrogens is 264 g/mol. The van der Waals surface area contributed by atoms with Gasteiger partial charge >= 0.3 is 0 Å². The fraction of sp³-hybridized carbons (Fsp3) is 0.500. The molecule has 0 amide bonds. The van der Waals surface area contributed by atoms with Crippen LogP contribution in [0.5, 0.6) is 0 Å². The predicted molar refractivity (Wildman–Crippen MR) is 72.1 cm³/mol. The summed E-state index contributed by atoms with van der Waals surface area (Å²) < 4.78 is 1.88. The lowest BCUT2D eigenvalue weighted by Crippen LogP contribution is -2.13. The minimum Gasteiger partial charge on any atom is -0.360 e. The SMILES string of the molecule is CC(Nc1cc(Cl)nc(C2CC2)n1)c1nncn1C. The first-order valence-electron chi connectivity index (χ1n) is 6.28. The molecule has 19 heavy (non-hydrogen) atoms. The largest absolute Gasteiger partial charge is 0.360 e. The van der Waals surface area contributed by atoms with Gasteiger partial charge in [-0.15, -0.1) is 10.2 Å². The van der Waals surface area contributed by atoms with E-state index in [2.05, 4.69) is 25.5 Å². The van der Waals surface area contributed by atoms with Crippen LogP contribution in [-0.2, 0) is 7.05 Å². The van der Waals surface area contributed by atoms with Gasteiger partial charge in [-0.25, -0.2) is 9.97 Å². The predicted octanol–water partition coefficient (Wildman–Crippen LogP) is 2.31. The first-order chi connectivity index (χ1) is 9.13. The molecule has 1 aliphatic carbocycles. The lowest BCUT2D eigenvalue weighted by molar-refractivity contribution is 0.714. The number of aryl methyl sites for hydroxylation is 1. The standard InChI is InChI=1S/C12H15ClN6/c1-7(12-18-14-6-19(12)2)15-10-5-9(13)16-11(17-10)8-3-4-8/h5-8H,3-4H2,1-2H3,(H,15,16,17). The third kappa shape index (κ3) is 2.68. The Bertz CT molecular complexity index is 592. The van der Waals surface area contributed by atoms with Crippen LogP contribution in [0.4, 0.5) is 5.82 Å². The fourth-order valence-corrected chi connectivity index (χ4v) is 2.19. The van der Waals surface area contributed by atoms with Gasteiger partial charge in [0.25, 0.3) is 0 Å². The van der Waals surface area contributed by atoms with E-state index in [1.54, 1.807) is 12.4 Å². The third-order valence-corrected chi connectivity index (χ3v) is 3.35. The molecule has 7 heteroatoms. The highest BCUT2D eigenvalue weighted by molar-refractivity contribution is 6.29. The summed E-state index contributed by atoms with van der Waals surface area (Å²) >= 11 is 6.04. The number of rotatable bonds is 4. The van der Waals surface area contributed by atoms with Crippen molar-refractivity contribution >= 4 is 17.4 Å². The Hall–Kier alpha value is -1.69. The molecule has 0 aromatic carbocycles. The van der Waals surface area contributed by atoms with Gasteiger partial charge in [-0.2, -0.15) is 0 Å². The van der Waals surface area contributed by atoms with Gasteiger partial charge < -0.3 is 9.88 Å². The number of halogens is 1. The van der Waals surface area contributed by atoms with Crippen molar-refractivity contribution in [3.8, 4) is 0 Å². The van der Waals surface area contributed by atoms with Gasteiger partial charge in [-0.05, 0) is 19.8 Å². The van der Waals surface area contributed by atoms with Crippen LogP contribution in [-0.4, -0.2) is 24.7 Å². The van der Waals surface area contributed by atoms with Crippen molar-refractivity contribution in [3.05, 3.63) is 29.2 Å². The van der Waals surface area contributed by atoms with E-state index in [-0.39, 0.29) is 6.04 Å². The summed E-state index contributed by atoms with van der Waals surface area (Å²) in [6.45, 7) is 2.01. The zero-order valence-corrected chi connectivity index (χ0v) is 11.6. The molecule has 0 radical (unpaired) electrons. The van der Waals surface area contributed by atoms with Gasteiger partial charge in [0.1, 0.15) is 23.1 Å². The highest BCUT2D eigenvalue weighted by Gasteiger charge is 2.27. The number of hydrogen-bond donors (Lipinski definition) is 1. The second-order valence-electron chi connectivity index (χ2n) is 4.87. The first kappa shape index (κ1) is 12.3. The van der Waals surface area contributed by atoms with Crippen LogP contribution < -0.4 is 5.32 Å². The van der Waals surface area contributed by atoms with Gasteiger partial charge in [0.2, 0.25) is 0 Å². The van der Waals surface area contributed by atoms with Crippen molar-refractivity contribution in [2.75, 3.05) is 5.32 Å². The van der Waals surface area contributed by atoms with Gasteiger partial charge in [0.05, 0.1) is 6.04 Å². The van der Waals surface area contributed by atoms with Gasteiger partial charge in [0, 0.05) is 19.0 Å². The van der Waals surface area contributed by atoms with E-state index in [4.69, 9.17) is 11.6 Å². The van der Waals surface area contributed by atoms with Crippen LogP contribution in [0.2, 0.25) is 5.15 Å². The first-order valence-corrected chi connectivity index (χ1v) is 6.66. The second kappa shape index (κ2) is 4.77. The number of hydrogen-bond acceptors (Lipinski definition) is 5.